The van der Waals surface area contributed by atoms with Crippen LogP contribution in [-0.2, 0) is 0 Å². The Morgan fingerprint density at radius 2 is 1.90 bits per heavy atom. The van der Waals surface area contributed by atoms with Gasteiger partial charge in [-0.3, -0.25) is 4.79 Å². The number of nitrogens with one attached hydrogen (secondary N) is 1. The zero-order valence-electron chi connectivity index (χ0n) is 16.3. The van der Waals surface area contributed by atoms with Crippen LogP contribution in [0.3, 0.4) is 0 Å². The van der Waals surface area contributed by atoms with E-state index >= 15 is 0 Å². The van der Waals surface area contributed by atoms with Crippen LogP contribution in [0.4, 0.5) is 5.69 Å². The van der Waals surface area contributed by atoms with Crippen LogP contribution in [0.1, 0.15) is 22.8 Å². The second kappa shape index (κ2) is 8.38. The number of amides is 1. The Labute approximate surface area is 183 Å². The quantitative estimate of drug-likeness (QED) is 0.372. The van der Waals surface area contributed by atoms with Crippen LogP contribution < -0.4 is 10.1 Å². The maximum absolute atomic E-state index is 12.7. The zero-order chi connectivity index (χ0) is 21.3. The van der Waals surface area contributed by atoms with Crippen LogP contribution in [0.15, 0.2) is 59.0 Å². The van der Waals surface area contributed by atoms with Gasteiger partial charge < -0.3 is 14.5 Å². The second-order valence-corrected chi connectivity index (χ2v) is 7.53. The first-order chi connectivity index (χ1) is 14.4. The summed E-state index contributed by atoms with van der Waals surface area (Å²) in [4.78, 5) is 17.2. The minimum atomic E-state index is -0.341. The number of aryl methyl sites for hydroxylation is 1. The average molecular weight is 441 g/mol. The second-order valence-electron chi connectivity index (χ2n) is 6.72. The van der Waals surface area contributed by atoms with Gasteiger partial charge in [0.15, 0.2) is 5.58 Å². The summed E-state index contributed by atoms with van der Waals surface area (Å²) in [7, 11) is 0. The van der Waals surface area contributed by atoms with Crippen molar-refractivity contribution >= 4 is 45.9 Å². The number of hydrogen-bond acceptors (Lipinski definition) is 4. The number of carbonyl (C=O) groups excluding carboxylic acids is 1. The van der Waals surface area contributed by atoms with Crippen molar-refractivity contribution in [1.29, 1.82) is 0 Å². The number of carbonyl (C=O) groups is 1. The number of hydrogen-bond donors (Lipinski definition) is 1. The molecule has 0 aliphatic rings. The number of fused-ring (bicyclic) bond motifs is 1. The largest absolute Gasteiger partial charge is 0.492 e. The van der Waals surface area contributed by atoms with Crippen LogP contribution in [0.25, 0.3) is 22.6 Å². The number of rotatable bonds is 5. The summed E-state index contributed by atoms with van der Waals surface area (Å²) in [5, 5.41) is 3.58. The Hall–Kier alpha value is -3.02. The molecule has 0 aliphatic heterocycles. The molecule has 0 radical (unpaired) electrons. The van der Waals surface area contributed by atoms with E-state index in [0.717, 1.165) is 11.1 Å². The monoisotopic (exact) mass is 440 g/mol. The summed E-state index contributed by atoms with van der Waals surface area (Å²) < 4.78 is 11.3. The van der Waals surface area contributed by atoms with Gasteiger partial charge in [0.05, 0.1) is 22.3 Å². The van der Waals surface area contributed by atoms with Gasteiger partial charge >= 0.3 is 0 Å². The highest BCUT2D eigenvalue weighted by Crippen LogP contribution is 2.31. The van der Waals surface area contributed by atoms with Crippen molar-refractivity contribution in [1.82, 2.24) is 4.98 Å². The van der Waals surface area contributed by atoms with Gasteiger partial charge in [-0.05, 0) is 67.9 Å². The van der Waals surface area contributed by atoms with Gasteiger partial charge in [-0.25, -0.2) is 4.98 Å². The Morgan fingerprint density at radius 3 is 2.67 bits per heavy atom. The molecule has 0 fully saturated rings. The lowest BCUT2D eigenvalue weighted by atomic mass is 10.1. The predicted octanol–water partition coefficient (Wildman–Crippen LogP) is 6.76. The lowest BCUT2D eigenvalue weighted by Crippen LogP contribution is -2.12. The molecule has 152 valence electrons. The van der Waals surface area contributed by atoms with Gasteiger partial charge in [-0.2, -0.15) is 0 Å². The molecule has 0 atom stereocenters. The topological polar surface area (TPSA) is 64.4 Å². The molecule has 0 saturated heterocycles. The molecule has 5 nitrogen and oxygen atoms in total. The average Bonchev–Trinajstić information content (AvgIpc) is 3.14. The van der Waals surface area contributed by atoms with E-state index in [0.29, 0.717) is 50.7 Å². The van der Waals surface area contributed by atoms with Gasteiger partial charge in [0.1, 0.15) is 11.3 Å². The molecule has 0 saturated carbocycles. The molecule has 4 rings (SSSR count). The first kappa shape index (κ1) is 20.3. The zero-order valence-corrected chi connectivity index (χ0v) is 17.8. The van der Waals surface area contributed by atoms with Crippen LogP contribution >= 0.6 is 23.2 Å². The third-order valence-corrected chi connectivity index (χ3v) is 5.12. The first-order valence-corrected chi connectivity index (χ1v) is 10.1. The Balaban J connectivity index is 1.61. The summed E-state index contributed by atoms with van der Waals surface area (Å²) in [5.74, 6) is 0.640. The minimum absolute atomic E-state index is 0.341. The van der Waals surface area contributed by atoms with E-state index in [1.54, 1.807) is 36.4 Å². The van der Waals surface area contributed by atoms with Gasteiger partial charge in [0.2, 0.25) is 5.89 Å². The standard InChI is InChI=1S/C23H18Cl2N2O3/c1-3-29-20-9-6-14(11-17(20)25)22(28)26-18-12-15(5-7-16(18)24)23-27-19-10-13(2)4-8-21(19)30-23/h4-12H,3H2,1-2H3,(H,26,28). The molecule has 3 aromatic carbocycles. The van der Waals surface area contributed by atoms with Crippen molar-refractivity contribution in [2.45, 2.75) is 13.8 Å². The summed E-state index contributed by atoms with van der Waals surface area (Å²) >= 11 is 12.5. The Morgan fingerprint density at radius 1 is 1.07 bits per heavy atom. The smallest absolute Gasteiger partial charge is 0.255 e. The van der Waals surface area contributed by atoms with Crippen molar-refractivity contribution in [3.8, 4) is 17.2 Å². The molecular formula is C23H18Cl2N2O3. The molecule has 1 heterocycles. The Bertz CT molecular complexity index is 1250. The van der Waals surface area contributed by atoms with Crippen molar-refractivity contribution in [2.24, 2.45) is 0 Å². The van der Waals surface area contributed by atoms with Crippen molar-refractivity contribution in [3.05, 3.63) is 75.8 Å². The van der Waals surface area contributed by atoms with Crippen molar-refractivity contribution in [3.63, 3.8) is 0 Å². The van der Waals surface area contributed by atoms with Gasteiger partial charge in [-0.15, -0.1) is 0 Å². The molecule has 0 bridgehead atoms. The van der Waals surface area contributed by atoms with Crippen LogP contribution in [0, 0.1) is 6.92 Å². The van der Waals surface area contributed by atoms with E-state index < -0.39 is 0 Å². The molecule has 0 aliphatic carbocycles. The van der Waals surface area contributed by atoms with Gasteiger partial charge in [0, 0.05) is 11.1 Å². The number of nitrogens with zero attached hydrogens (tertiary/aromatic N) is 1. The van der Waals surface area contributed by atoms with Crippen LogP contribution in [0.2, 0.25) is 10.0 Å². The number of ether oxygens (including phenoxy) is 1. The molecule has 0 unspecified atom stereocenters. The molecule has 1 aromatic heterocycles. The van der Waals surface area contributed by atoms with Gasteiger partial charge in [-0.1, -0.05) is 29.3 Å². The van der Waals surface area contributed by atoms with Crippen LogP contribution in [-0.4, -0.2) is 17.5 Å². The normalized spacial score (nSPS) is 10.9. The van der Waals surface area contributed by atoms with Crippen LogP contribution in [0.5, 0.6) is 5.75 Å². The number of anilines is 1. The molecule has 0 spiro atoms. The highest BCUT2D eigenvalue weighted by atomic mass is 35.5. The van der Waals surface area contributed by atoms with Crippen molar-refractivity contribution < 1.29 is 13.9 Å². The summed E-state index contributed by atoms with van der Waals surface area (Å²) in [6.45, 7) is 4.35. The van der Waals surface area contributed by atoms with E-state index in [4.69, 9.17) is 32.4 Å². The highest BCUT2D eigenvalue weighted by Gasteiger charge is 2.14. The molecular weight excluding hydrogens is 423 g/mol. The van der Waals surface area contributed by atoms with E-state index in [9.17, 15) is 4.79 Å². The molecule has 7 heteroatoms. The first-order valence-electron chi connectivity index (χ1n) is 9.35. The number of halogens is 2. The van der Waals surface area contributed by atoms with Crippen molar-refractivity contribution in [2.75, 3.05) is 11.9 Å². The summed E-state index contributed by atoms with van der Waals surface area (Å²) in [6.07, 6.45) is 0. The van der Waals surface area contributed by atoms with E-state index in [1.807, 2.05) is 32.0 Å². The van der Waals surface area contributed by atoms with Gasteiger partial charge in [0.25, 0.3) is 5.91 Å². The fourth-order valence-corrected chi connectivity index (χ4v) is 3.42. The maximum Gasteiger partial charge on any atom is 0.255 e. The van der Waals surface area contributed by atoms with E-state index in [1.165, 1.54) is 0 Å². The number of aromatic nitrogens is 1. The number of benzene rings is 3. The fourth-order valence-electron chi connectivity index (χ4n) is 3.02. The molecule has 30 heavy (non-hydrogen) atoms. The third kappa shape index (κ3) is 4.13. The molecule has 1 N–H and O–H groups in total. The molecule has 1 amide bonds. The SMILES string of the molecule is CCOc1ccc(C(=O)Nc2cc(-c3nc4cc(C)ccc4o3)ccc2Cl)cc1Cl. The van der Waals surface area contributed by atoms with E-state index in [-0.39, 0.29) is 5.91 Å². The number of oxazole rings is 1. The highest BCUT2D eigenvalue weighted by molar-refractivity contribution is 6.34. The summed E-state index contributed by atoms with van der Waals surface area (Å²) in [5.41, 5.74) is 4.10. The predicted molar refractivity (Wildman–Crippen MR) is 120 cm³/mol. The Kier molecular flexibility index (Phi) is 5.66. The lowest BCUT2D eigenvalue weighted by molar-refractivity contribution is 0.102. The molecule has 4 aromatic rings. The fraction of sp³-hybridized carbons (Fsp3) is 0.130. The van der Waals surface area contributed by atoms with E-state index in [2.05, 4.69) is 10.3 Å². The summed E-state index contributed by atoms with van der Waals surface area (Å²) in [6, 6.07) is 15.9. The maximum atomic E-state index is 12.7. The lowest BCUT2D eigenvalue weighted by Gasteiger charge is -2.10. The minimum Gasteiger partial charge on any atom is -0.492 e. The third-order valence-electron chi connectivity index (χ3n) is 4.50.